The number of anilines is 1. The molecule has 0 aliphatic rings. The molecule has 27 heavy (non-hydrogen) atoms. The average molecular weight is 378 g/mol. The summed E-state index contributed by atoms with van der Waals surface area (Å²) in [6.07, 6.45) is 2.91. The first-order valence-electron chi connectivity index (χ1n) is 8.03. The van der Waals surface area contributed by atoms with Gasteiger partial charge < -0.3 is 0 Å². The number of hydrogen-bond acceptors (Lipinski definition) is 7. The number of rotatable bonds is 4. The largest absolute Gasteiger partial charge is 0.265 e. The van der Waals surface area contributed by atoms with E-state index in [1.165, 1.54) is 6.20 Å². The molecule has 0 spiro atoms. The van der Waals surface area contributed by atoms with Crippen LogP contribution in [0.5, 0.6) is 0 Å². The Morgan fingerprint density at radius 1 is 0.926 bits per heavy atom. The molecular weight excluding hydrogens is 364 g/mol. The Balaban J connectivity index is 1.71. The first-order valence-corrected chi connectivity index (χ1v) is 9.51. The van der Waals surface area contributed by atoms with Crippen molar-refractivity contribution in [3.63, 3.8) is 0 Å². The lowest BCUT2D eigenvalue weighted by molar-refractivity contribution is 0.600. The summed E-state index contributed by atoms with van der Waals surface area (Å²) in [6, 6.07) is 14.1. The second-order valence-electron chi connectivity index (χ2n) is 5.71. The van der Waals surface area contributed by atoms with Crippen LogP contribution in [0.4, 0.5) is 5.95 Å². The van der Waals surface area contributed by atoms with Crippen molar-refractivity contribution < 1.29 is 8.42 Å². The smallest absolute Gasteiger partial charge is 0.255 e. The fraction of sp³-hybridized carbons (Fsp3) is 0.0556. The van der Waals surface area contributed by atoms with Gasteiger partial charge in [-0.2, -0.15) is 9.97 Å². The van der Waals surface area contributed by atoms with Gasteiger partial charge in [-0.3, -0.25) is 9.97 Å². The molecule has 3 aromatic heterocycles. The van der Waals surface area contributed by atoms with Crippen LogP contribution < -0.4 is 4.72 Å². The second kappa shape index (κ2) is 6.69. The molecule has 0 aliphatic carbocycles. The van der Waals surface area contributed by atoms with Gasteiger partial charge >= 0.3 is 0 Å². The Labute approximate surface area is 155 Å². The highest BCUT2D eigenvalue weighted by Gasteiger charge is 2.18. The predicted molar refractivity (Wildman–Crippen MR) is 100 cm³/mol. The summed E-state index contributed by atoms with van der Waals surface area (Å²) in [5.74, 6) is 0.591. The maximum absolute atomic E-state index is 12.7. The molecule has 0 radical (unpaired) electrons. The highest BCUT2D eigenvalue weighted by molar-refractivity contribution is 7.92. The number of aryl methyl sites for hydroxylation is 1. The van der Waals surface area contributed by atoms with Gasteiger partial charge in [0.15, 0.2) is 5.82 Å². The van der Waals surface area contributed by atoms with Crippen molar-refractivity contribution in [1.82, 2.24) is 24.9 Å². The number of benzene rings is 1. The van der Waals surface area contributed by atoms with Gasteiger partial charge in [0.05, 0.1) is 5.52 Å². The summed E-state index contributed by atoms with van der Waals surface area (Å²) in [7, 11) is -3.91. The first-order chi connectivity index (χ1) is 13.0. The summed E-state index contributed by atoms with van der Waals surface area (Å²) in [5, 5.41) is 0.723. The number of sulfonamides is 1. The number of hydrogen-bond donors (Lipinski definition) is 1. The van der Waals surface area contributed by atoms with Crippen LogP contribution in [-0.4, -0.2) is 33.3 Å². The van der Waals surface area contributed by atoms with E-state index in [4.69, 9.17) is 0 Å². The van der Waals surface area contributed by atoms with E-state index in [-0.39, 0.29) is 16.7 Å². The summed E-state index contributed by atoms with van der Waals surface area (Å²) in [6.45, 7) is 1.66. The van der Waals surface area contributed by atoms with Gasteiger partial charge in [0.1, 0.15) is 16.4 Å². The Morgan fingerprint density at radius 3 is 2.56 bits per heavy atom. The lowest BCUT2D eigenvalue weighted by Crippen LogP contribution is -2.16. The lowest BCUT2D eigenvalue weighted by Gasteiger charge is -2.09. The molecule has 0 saturated heterocycles. The maximum atomic E-state index is 12.7. The minimum absolute atomic E-state index is 0.0265. The van der Waals surface area contributed by atoms with Crippen molar-refractivity contribution >= 4 is 26.9 Å². The van der Waals surface area contributed by atoms with Crippen LogP contribution in [0.3, 0.4) is 0 Å². The number of aromatic nitrogens is 5. The molecule has 0 atom stereocenters. The molecule has 4 aromatic rings. The van der Waals surface area contributed by atoms with E-state index < -0.39 is 10.0 Å². The highest BCUT2D eigenvalue weighted by Crippen LogP contribution is 2.19. The van der Waals surface area contributed by atoms with Gasteiger partial charge in [0, 0.05) is 17.8 Å². The van der Waals surface area contributed by atoms with Crippen LogP contribution in [0.1, 0.15) is 5.82 Å². The SMILES string of the molecule is Cc1nc(NS(=O)(=O)c2cnc3ccccc3c2)nc(-c2ccccn2)n1. The molecule has 4 rings (SSSR count). The van der Waals surface area contributed by atoms with Gasteiger partial charge in [0.25, 0.3) is 10.0 Å². The summed E-state index contributed by atoms with van der Waals surface area (Å²) < 4.78 is 27.9. The standard InChI is InChI=1S/C18H14N6O2S/c1-12-21-17(16-8-4-5-9-19-16)23-18(22-12)24-27(25,26)14-10-13-6-2-3-7-15(13)20-11-14/h2-11H,1H3,(H,21,22,23,24). The van der Waals surface area contributed by atoms with Crippen LogP contribution in [0.15, 0.2) is 65.8 Å². The monoisotopic (exact) mass is 378 g/mol. The normalized spacial score (nSPS) is 11.4. The van der Waals surface area contributed by atoms with Crippen molar-refractivity contribution in [3.8, 4) is 11.5 Å². The van der Waals surface area contributed by atoms with Crippen molar-refractivity contribution in [2.24, 2.45) is 0 Å². The summed E-state index contributed by atoms with van der Waals surface area (Å²) in [5.41, 5.74) is 1.24. The molecule has 0 unspecified atom stereocenters. The highest BCUT2D eigenvalue weighted by atomic mass is 32.2. The minimum atomic E-state index is -3.91. The zero-order valence-corrected chi connectivity index (χ0v) is 15.1. The molecule has 0 bridgehead atoms. The zero-order valence-electron chi connectivity index (χ0n) is 14.2. The second-order valence-corrected chi connectivity index (χ2v) is 7.40. The molecule has 3 heterocycles. The van der Waals surface area contributed by atoms with Crippen LogP contribution in [0.25, 0.3) is 22.4 Å². The quantitative estimate of drug-likeness (QED) is 0.581. The molecule has 0 aliphatic heterocycles. The van der Waals surface area contributed by atoms with Crippen molar-refractivity contribution in [1.29, 1.82) is 0 Å². The average Bonchev–Trinajstić information content (AvgIpc) is 2.67. The minimum Gasteiger partial charge on any atom is -0.255 e. The fourth-order valence-electron chi connectivity index (χ4n) is 2.51. The van der Waals surface area contributed by atoms with Gasteiger partial charge in [0.2, 0.25) is 5.95 Å². The molecule has 0 saturated carbocycles. The summed E-state index contributed by atoms with van der Waals surface area (Å²) >= 11 is 0. The lowest BCUT2D eigenvalue weighted by atomic mass is 10.2. The molecule has 0 amide bonds. The third-order valence-electron chi connectivity index (χ3n) is 3.74. The van der Waals surface area contributed by atoms with Crippen molar-refractivity contribution in [3.05, 3.63) is 66.7 Å². The van der Waals surface area contributed by atoms with Crippen LogP contribution in [-0.2, 0) is 10.0 Å². The van der Waals surface area contributed by atoms with E-state index in [1.54, 1.807) is 43.5 Å². The Hall–Kier alpha value is -3.46. The van der Waals surface area contributed by atoms with E-state index in [1.807, 2.05) is 18.2 Å². The first kappa shape index (κ1) is 17.0. The van der Waals surface area contributed by atoms with E-state index in [0.717, 1.165) is 5.39 Å². The number of pyridine rings is 2. The van der Waals surface area contributed by atoms with E-state index in [0.29, 0.717) is 17.0 Å². The number of para-hydroxylation sites is 1. The Morgan fingerprint density at radius 2 is 1.74 bits per heavy atom. The molecule has 8 nitrogen and oxygen atoms in total. The number of fused-ring (bicyclic) bond motifs is 1. The van der Waals surface area contributed by atoms with Gasteiger partial charge in [-0.05, 0) is 31.2 Å². The van der Waals surface area contributed by atoms with Crippen molar-refractivity contribution in [2.45, 2.75) is 11.8 Å². The molecule has 9 heteroatoms. The van der Waals surface area contributed by atoms with Gasteiger partial charge in [-0.1, -0.05) is 24.3 Å². The summed E-state index contributed by atoms with van der Waals surface area (Å²) in [4.78, 5) is 20.9. The van der Waals surface area contributed by atoms with Crippen molar-refractivity contribution in [2.75, 3.05) is 4.72 Å². The fourth-order valence-corrected chi connectivity index (χ4v) is 3.44. The van der Waals surface area contributed by atoms with Gasteiger partial charge in [-0.25, -0.2) is 18.1 Å². The number of nitrogens with zero attached hydrogens (tertiary/aromatic N) is 5. The molecule has 134 valence electrons. The van der Waals surface area contributed by atoms with Crippen LogP contribution in [0.2, 0.25) is 0 Å². The maximum Gasteiger partial charge on any atom is 0.265 e. The molecule has 0 fully saturated rings. The van der Waals surface area contributed by atoms with Crippen LogP contribution in [0, 0.1) is 6.92 Å². The topological polar surface area (TPSA) is 111 Å². The third kappa shape index (κ3) is 3.58. The van der Waals surface area contributed by atoms with E-state index in [2.05, 4.69) is 29.6 Å². The Kier molecular flexibility index (Phi) is 4.21. The van der Waals surface area contributed by atoms with E-state index in [9.17, 15) is 8.42 Å². The molecule has 1 aromatic carbocycles. The molecular formula is C18H14N6O2S. The van der Waals surface area contributed by atoms with E-state index >= 15 is 0 Å². The molecule has 1 N–H and O–H groups in total. The third-order valence-corrected chi connectivity index (χ3v) is 5.04. The van der Waals surface area contributed by atoms with Crippen LogP contribution >= 0.6 is 0 Å². The Bertz CT molecular complexity index is 1230. The zero-order chi connectivity index (χ0) is 18.9. The van der Waals surface area contributed by atoms with Gasteiger partial charge in [-0.15, -0.1) is 0 Å². The number of nitrogens with one attached hydrogen (secondary N) is 1. The predicted octanol–water partition coefficient (Wildman–Crippen LogP) is 2.59.